The van der Waals surface area contributed by atoms with Crippen LogP contribution in [0.25, 0.3) is 0 Å². The van der Waals surface area contributed by atoms with Gasteiger partial charge in [-0.15, -0.1) is 0 Å². The van der Waals surface area contributed by atoms with E-state index in [-0.39, 0.29) is 11.1 Å². The molecule has 3 unspecified atom stereocenters. The summed E-state index contributed by atoms with van der Waals surface area (Å²) in [5, 5.41) is 10.3. The first-order chi connectivity index (χ1) is 8.08. The van der Waals surface area contributed by atoms with Crippen LogP contribution in [0.15, 0.2) is 18.2 Å². The van der Waals surface area contributed by atoms with E-state index < -0.39 is 5.82 Å². The van der Waals surface area contributed by atoms with E-state index in [1.54, 1.807) is 12.1 Å². The molecule has 0 radical (unpaired) electrons. The minimum atomic E-state index is -0.407. The molecule has 3 heteroatoms. The second-order valence-electron chi connectivity index (χ2n) is 5.09. The maximum absolute atomic E-state index is 13.3. The minimum absolute atomic E-state index is 0.137. The van der Waals surface area contributed by atoms with Crippen LogP contribution in [-0.4, -0.2) is 11.2 Å². The highest BCUT2D eigenvalue weighted by Gasteiger charge is 2.29. The SMILES string of the molecule is CC1CCCC1C(O)Cc1ccc(Cl)c(F)c1. The van der Waals surface area contributed by atoms with E-state index in [2.05, 4.69) is 6.92 Å². The zero-order valence-corrected chi connectivity index (χ0v) is 10.8. The van der Waals surface area contributed by atoms with E-state index in [4.69, 9.17) is 11.6 Å². The van der Waals surface area contributed by atoms with Crippen molar-refractivity contribution in [2.24, 2.45) is 11.8 Å². The quantitative estimate of drug-likeness (QED) is 0.872. The average molecular weight is 257 g/mol. The molecule has 0 amide bonds. The lowest BCUT2D eigenvalue weighted by atomic mass is 9.88. The maximum atomic E-state index is 13.3. The third-order valence-corrected chi connectivity index (χ3v) is 4.16. The van der Waals surface area contributed by atoms with Crippen LogP contribution in [0.2, 0.25) is 5.02 Å². The van der Waals surface area contributed by atoms with Gasteiger partial charge in [0.05, 0.1) is 11.1 Å². The van der Waals surface area contributed by atoms with E-state index in [0.29, 0.717) is 18.3 Å². The molecular weight excluding hydrogens is 239 g/mol. The average Bonchev–Trinajstić information content (AvgIpc) is 2.70. The fraction of sp³-hybridized carbons (Fsp3) is 0.571. The van der Waals surface area contributed by atoms with Gasteiger partial charge < -0.3 is 5.11 Å². The summed E-state index contributed by atoms with van der Waals surface area (Å²) in [6.45, 7) is 2.18. The van der Waals surface area contributed by atoms with E-state index in [0.717, 1.165) is 12.0 Å². The Morgan fingerprint density at radius 2 is 2.24 bits per heavy atom. The van der Waals surface area contributed by atoms with Crippen molar-refractivity contribution in [3.63, 3.8) is 0 Å². The zero-order valence-electron chi connectivity index (χ0n) is 10.00. The molecule has 0 spiro atoms. The number of hydrogen-bond donors (Lipinski definition) is 1. The summed E-state index contributed by atoms with van der Waals surface area (Å²) in [6.07, 6.45) is 3.61. The van der Waals surface area contributed by atoms with E-state index in [1.165, 1.54) is 18.9 Å². The highest BCUT2D eigenvalue weighted by Crippen LogP contribution is 2.34. The van der Waals surface area contributed by atoms with Crippen molar-refractivity contribution < 1.29 is 9.50 Å². The molecule has 1 N–H and O–H groups in total. The first-order valence-electron chi connectivity index (χ1n) is 6.20. The lowest BCUT2D eigenvalue weighted by Crippen LogP contribution is -2.24. The molecule has 0 saturated heterocycles. The van der Waals surface area contributed by atoms with Crippen LogP contribution < -0.4 is 0 Å². The molecule has 2 rings (SSSR count). The van der Waals surface area contributed by atoms with Crippen LogP contribution in [-0.2, 0) is 6.42 Å². The van der Waals surface area contributed by atoms with Crippen molar-refractivity contribution in [1.82, 2.24) is 0 Å². The Bertz CT molecular complexity index is 394. The number of aliphatic hydroxyl groups is 1. The fourth-order valence-corrected chi connectivity index (χ4v) is 2.92. The molecule has 1 fully saturated rings. The number of halogens is 2. The summed E-state index contributed by atoms with van der Waals surface area (Å²) in [5.41, 5.74) is 0.818. The molecule has 3 atom stereocenters. The highest BCUT2D eigenvalue weighted by atomic mass is 35.5. The van der Waals surface area contributed by atoms with Gasteiger partial charge in [0.15, 0.2) is 0 Å². The Kier molecular flexibility index (Phi) is 4.05. The standard InChI is InChI=1S/C14H18ClFO/c1-9-3-2-4-11(9)14(17)8-10-5-6-12(15)13(16)7-10/h5-7,9,11,14,17H,2-4,8H2,1H3. The number of aliphatic hydroxyl groups excluding tert-OH is 1. The van der Waals surface area contributed by atoms with Crippen LogP contribution in [0, 0.1) is 17.7 Å². The molecule has 1 aliphatic rings. The van der Waals surface area contributed by atoms with Crippen molar-refractivity contribution in [3.05, 3.63) is 34.6 Å². The van der Waals surface area contributed by atoms with Gasteiger partial charge in [-0.1, -0.05) is 37.4 Å². The second kappa shape index (κ2) is 5.36. The Labute approximate surface area is 107 Å². The van der Waals surface area contributed by atoms with Crippen LogP contribution in [0.5, 0.6) is 0 Å². The molecule has 0 bridgehead atoms. The van der Waals surface area contributed by atoms with Gasteiger partial charge in [0, 0.05) is 0 Å². The normalized spacial score (nSPS) is 26.1. The van der Waals surface area contributed by atoms with Gasteiger partial charge in [0.2, 0.25) is 0 Å². The van der Waals surface area contributed by atoms with Crippen molar-refractivity contribution in [2.45, 2.75) is 38.7 Å². The summed E-state index contributed by atoms with van der Waals surface area (Å²) in [6, 6.07) is 4.76. The summed E-state index contributed by atoms with van der Waals surface area (Å²) >= 11 is 5.63. The smallest absolute Gasteiger partial charge is 0.142 e. The molecule has 1 saturated carbocycles. The molecule has 17 heavy (non-hydrogen) atoms. The summed E-state index contributed by atoms with van der Waals surface area (Å²) < 4.78 is 13.3. The predicted molar refractivity (Wildman–Crippen MR) is 67.6 cm³/mol. The minimum Gasteiger partial charge on any atom is -0.392 e. The molecule has 0 heterocycles. The van der Waals surface area contributed by atoms with Gasteiger partial charge in [-0.2, -0.15) is 0 Å². The van der Waals surface area contributed by atoms with Crippen LogP contribution >= 0.6 is 11.6 Å². The van der Waals surface area contributed by atoms with Crippen LogP contribution in [0.1, 0.15) is 31.7 Å². The molecular formula is C14H18ClFO. The Morgan fingerprint density at radius 1 is 1.47 bits per heavy atom. The van der Waals surface area contributed by atoms with Crippen molar-refractivity contribution in [3.8, 4) is 0 Å². The number of rotatable bonds is 3. The van der Waals surface area contributed by atoms with Gasteiger partial charge in [0.25, 0.3) is 0 Å². The monoisotopic (exact) mass is 256 g/mol. The third-order valence-electron chi connectivity index (χ3n) is 3.85. The van der Waals surface area contributed by atoms with Gasteiger partial charge in [0.1, 0.15) is 5.82 Å². The first-order valence-corrected chi connectivity index (χ1v) is 6.57. The molecule has 1 nitrogen and oxygen atoms in total. The molecule has 94 valence electrons. The maximum Gasteiger partial charge on any atom is 0.142 e. The lowest BCUT2D eigenvalue weighted by Gasteiger charge is -2.22. The third kappa shape index (κ3) is 2.99. The van der Waals surface area contributed by atoms with Crippen LogP contribution in [0.3, 0.4) is 0 Å². The molecule has 1 aliphatic carbocycles. The van der Waals surface area contributed by atoms with Gasteiger partial charge >= 0.3 is 0 Å². The molecule has 1 aromatic carbocycles. The number of benzene rings is 1. The zero-order chi connectivity index (χ0) is 12.4. The predicted octanol–water partition coefficient (Wildman–Crippen LogP) is 3.82. The Morgan fingerprint density at radius 3 is 2.82 bits per heavy atom. The Balaban J connectivity index is 2.02. The Hall–Kier alpha value is -0.600. The van der Waals surface area contributed by atoms with E-state index >= 15 is 0 Å². The van der Waals surface area contributed by atoms with Crippen molar-refractivity contribution in [2.75, 3.05) is 0 Å². The summed E-state index contributed by atoms with van der Waals surface area (Å²) in [7, 11) is 0. The van der Waals surface area contributed by atoms with Crippen molar-refractivity contribution >= 4 is 11.6 Å². The van der Waals surface area contributed by atoms with Gasteiger partial charge in [-0.25, -0.2) is 4.39 Å². The van der Waals surface area contributed by atoms with Gasteiger partial charge in [-0.05, 0) is 42.4 Å². The molecule has 1 aromatic rings. The number of hydrogen-bond acceptors (Lipinski definition) is 1. The highest BCUT2D eigenvalue weighted by molar-refractivity contribution is 6.30. The largest absolute Gasteiger partial charge is 0.392 e. The molecule has 0 aliphatic heterocycles. The summed E-state index contributed by atoms with van der Waals surface area (Å²) in [5.74, 6) is 0.520. The lowest BCUT2D eigenvalue weighted by molar-refractivity contribution is 0.0901. The van der Waals surface area contributed by atoms with Crippen LogP contribution in [0.4, 0.5) is 4.39 Å². The molecule has 0 aromatic heterocycles. The van der Waals surface area contributed by atoms with E-state index in [9.17, 15) is 9.50 Å². The van der Waals surface area contributed by atoms with E-state index in [1.807, 2.05) is 0 Å². The second-order valence-corrected chi connectivity index (χ2v) is 5.50. The topological polar surface area (TPSA) is 20.2 Å². The fourth-order valence-electron chi connectivity index (χ4n) is 2.81. The summed E-state index contributed by atoms with van der Waals surface area (Å²) in [4.78, 5) is 0. The van der Waals surface area contributed by atoms with Gasteiger partial charge in [-0.3, -0.25) is 0 Å². The van der Waals surface area contributed by atoms with Crippen molar-refractivity contribution in [1.29, 1.82) is 0 Å². The first kappa shape index (κ1) is 12.8.